The normalized spacial score (nSPS) is 13.1. The summed E-state index contributed by atoms with van der Waals surface area (Å²) >= 11 is 6.12. The van der Waals surface area contributed by atoms with E-state index in [0.717, 1.165) is 22.3 Å². The van der Waals surface area contributed by atoms with Crippen molar-refractivity contribution in [3.63, 3.8) is 0 Å². The van der Waals surface area contributed by atoms with E-state index in [-0.39, 0.29) is 29.3 Å². The van der Waals surface area contributed by atoms with E-state index in [0.29, 0.717) is 11.4 Å². The molecule has 0 radical (unpaired) electrons. The van der Waals surface area contributed by atoms with E-state index in [1.165, 1.54) is 6.26 Å². The summed E-state index contributed by atoms with van der Waals surface area (Å²) in [5.41, 5.74) is 3.75. The Kier molecular flexibility index (Phi) is 9.27. The van der Waals surface area contributed by atoms with E-state index < -0.39 is 15.9 Å². The molecule has 3 aromatic carbocycles. The molecule has 0 saturated carbocycles. The van der Waals surface area contributed by atoms with Gasteiger partial charge in [0.25, 0.3) is 0 Å². The third-order valence-electron chi connectivity index (χ3n) is 5.80. The van der Waals surface area contributed by atoms with Gasteiger partial charge in [-0.1, -0.05) is 74.0 Å². The predicted octanol–water partition coefficient (Wildman–Crippen LogP) is 5.14. The van der Waals surface area contributed by atoms with Gasteiger partial charge in [0.15, 0.2) is 9.84 Å². The van der Waals surface area contributed by atoms with Crippen molar-refractivity contribution >= 4 is 27.3 Å². The number of amides is 1. The molecule has 36 heavy (non-hydrogen) atoms. The van der Waals surface area contributed by atoms with Crippen LogP contribution in [0.1, 0.15) is 37.4 Å². The molecule has 2 N–H and O–H groups in total. The van der Waals surface area contributed by atoms with Crippen LogP contribution in [0.3, 0.4) is 0 Å². The van der Waals surface area contributed by atoms with Gasteiger partial charge in [-0.05, 0) is 58.9 Å². The van der Waals surface area contributed by atoms with Crippen LogP contribution in [0.4, 0.5) is 0 Å². The summed E-state index contributed by atoms with van der Waals surface area (Å²) in [5.74, 6) is 0.0466. The van der Waals surface area contributed by atoms with E-state index in [1.807, 2.05) is 68.4 Å². The van der Waals surface area contributed by atoms with Gasteiger partial charge in [-0.2, -0.15) is 5.26 Å². The average molecular weight is 524 g/mol. The lowest BCUT2D eigenvalue weighted by Crippen LogP contribution is -2.46. The zero-order chi connectivity index (χ0) is 26.3. The number of hydrogen-bond donors (Lipinski definition) is 2. The lowest BCUT2D eigenvalue weighted by Gasteiger charge is -2.27. The Labute approximate surface area is 218 Å². The number of carbonyl (C=O) groups is 1. The van der Waals surface area contributed by atoms with Crippen molar-refractivity contribution in [2.24, 2.45) is 5.92 Å². The summed E-state index contributed by atoms with van der Waals surface area (Å²) in [5, 5.41) is 15.7. The quantitative estimate of drug-likeness (QED) is 0.358. The van der Waals surface area contributed by atoms with Crippen LogP contribution in [0.2, 0.25) is 5.02 Å². The van der Waals surface area contributed by atoms with Crippen LogP contribution in [0.15, 0.2) is 77.7 Å². The van der Waals surface area contributed by atoms with Crippen LogP contribution in [0.5, 0.6) is 0 Å². The predicted molar refractivity (Wildman–Crippen MR) is 143 cm³/mol. The highest BCUT2D eigenvalue weighted by Gasteiger charge is 2.25. The number of nitriles is 1. The highest BCUT2D eigenvalue weighted by atomic mass is 35.5. The molecule has 0 aliphatic rings. The Balaban J connectivity index is 1.94. The smallest absolute Gasteiger partial charge is 0.237 e. The molecule has 188 valence electrons. The molecule has 3 rings (SSSR count). The summed E-state index contributed by atoms with van der Waals surface area (Å²) < 4.78 is 23.5. The lowest BCUT2D eigenvalue weighted by atomic mass is 9.94. The van der Waals surface area contributed by atoms with Crippen molar-refractivity contribution < 1.29 is 13.2 Å². The van der Waals surface area contributed by atoms with Gasteiger partial charge in [0, 0.05) is 11.3 Å². The Morgan fingerprint density at radius 3 is 1.89 bits per heavy atom. The number of halogens is 1. The maximum Gasteiger partial charge on any atom is 0.237 e. The summed E-state index contributed by atoms with van der Waals surface area (Å²) in [6.45, 7) is 4.05. The van der Waals surface area contributed by atoms with Crippen LogP contribution >= 0.6 is 11.6 Å². The molecule has 0 saturated heterocycles. The number of benzene rings is 3. The number of carbonyl (C=O) groups excluding carboxylic acids is 1. The minimum absolute atomic E-state index is 0.0481. The molecule has 0 aliphatic heterocycles. The fourth-order valence-corrected chi connectivity index (χ4v) is 4.73. The molecule has 1 unspecified atom stereocenters. The summed E-state index contributed by atoms with van der Waals surface area (Å²) in [4.78, 5) is 13.1. The van der Waals surface area contributed by atoms with Gasteiger partial charge in [-0.15, -0.1) is 0 Å². The van der Waals surface area contributed by atoms with Gasteiger partial charge in [0.05, 0.1) is 23.0 Å². The van der Waals surface area contributed by atoms with E-state index in [1.54, 1.807) is 24.3 Å². The fraction of sp³-hybridized carbons (Fsp3) is 0.286. The maximum absolute atomic E-state index is 12.8. The molecule has 2 atom stereocenters. The maximum atomic E-state index is 12.8. The Bertz CT molecular complexity index is 1310. The lowest BCUT2D eigenvalue weighted by molar-refractivity contribution is -0.123. The van der Waals surface area contributed by atoms with Gasteiger partial charge in [-0.25, -0.2) is 8.42 Å². The topological polar surface area (TPSA) is 99.1 Å². The summed E-state index contributed by atoms with van der Waals surface area (Å²) in [6, 6.07) is 23.4. The molecule has 0 aliphatic carbocycles. The second-order valence-corrected chi connectivity index (χ2v) is 11.6. The molecular formula is C28H30ClN3O3S. The van der Waals surface area contributed by atoms with Crippen LogP contribution in [0.25, 0.3) is 11.1 Å². The van der Waals surface area contributed by atoms with Crippen molar-refractivity contribution in [2.75, 3.05) is 12.8 Å². The van der Waals surface area contributed by atoms with E-state index >= 15 is 0 Å². The zero-order valence-corrected chi connectivity index (χ0v) is 22.1. The van der Waals surface area contributed by atoms with Crippen molar-refractivity contribution in [2.45, 2.75) is 37.2 Å². The van der Waals surface area contributed by atoms with Gasteiger partial charge in [0.1, 0.15) is 6.54 Å². The first-order valence-corrected chi connectivity index (χ1v) is 13.9. The molecular weight excluding hydrogens is 494 g/mol. The Morgan fingerprint density at radius 1 is 0.917 bits per heavy atom. The van der Waals surface area contributed by atoms with Crippen LogP contribution in [0, 0.1) is 17.2 Å². The van der Waals surface area contributed by atoms with Crippen LogP contribution in [-0.4, -0.2) is 33.2 Å². The summed E-state index contributed by atoms with van der Waals surface area (Å²) in [6.07, 6.45) is 1.79. The minimum atomic E-state index is -3.26. The molecule has 1 amide bonds. The minimum Gasteiger partial charge on any atom is -0.342 e. The van der Waals surface area contributed by atoms with E-state index in [4.69, 9.17) is 16.9 Å². The van der Waals surface area contributed by atoms with Gasteiger partial charge in [0.2, 0.25) is 5.91 Å². The molecule has 8 heteroatoms. The first kappa shape index (κ1) is 27.4. The van der Waals surface area contributed by atoms with Crippen LogP contribution < -0.4 is 10.6 Å². The summed E-state index contributed by atoms with van der Waals surface area (Å²) in [7, 11) is -3.26. The SMILES string of the molecule is CC(C)C[C@H](NC(c1ccc(Cl)cc1)c1ccc(-c2ccc(S(C)(=O)=O)cc2)cc1)C(=O)NCC#N. The number of rotatable bonds is 10. The molecule has 6 nitrogen and oxygen atoms in total. The molecule has 0 bridgehead atoms. The largest absolute Gasteiger partial charge is 0.342 e. The molecule has 0 heterocycles. The monoisotopic (exact) mass is 523 g/mol. The van der Waals surface area contributed by atoms with E-state index in [9.17, 15) is 13.2 Å². The Morgan fingerprint density at radius 2 is 1.42 bits per heavy atom. The van der Waals surface area contributed by atoms with E-state index in [2.05, 4.69) is 10.6 Å². The number of nitrogens with one attached hydrogen (secondary N) is 2. The zero-order valence-electron chi connectivity index (χ0n) is 20.5. The molecule has 3 aromatic rings. The van der Waals surface area contributed by atoms with Crippen molar-refractivity contribution in [3.05, 3.63) is 88.9 Å². The number of hydrogen-bond acceptors (Lipinski definition) is 5. The highest BCUT2D eigenvalue weighted by Crippen LogP contribution is 2.28. The van der Waals surface area contributed by atoms with Crippen LogP contribution in [-0.2, 0) is 14.6 Å². The first-order chi connectivity index (χ1) is 17.1. The van der Waals surface area contributed by atoms with Crippen molar-refractivity contribution in [1.82, 2.24) is 10.6 Å². The van der Waals surface area contributed by atoms with Gasteiger partial charge >= 0.3 is 0 Å². The highest BCUT2D eigenvalue weighted by molar-refractivity contribution is 7.90. The standard InChI is InChI=1S/C28H30ClN3O3S/c1-19(2)18-26(28(33)31-17-16-30)32-27(23-8-12-24(29)13-9-23)22-6-4-20(5-7-22)21-10-14-25(15-11-21)36(3,34)35/h4-15,19,26-27,32H,17-18H2,1-3H3,(H,31,33)/t26-,27?/m0/s1. The van der Waals surface area contributed by atoms with Gasteiger partial charge in [-0.3, -0.25) is 10.1 Å². The number of sulfone groups is 1. The molecule has 0 fully saturated rings. The first-order valence-electron chi connectivity index (χ1n) is 11.6. The third kappa shape index (κ3) is 7.41. The second-order valence-electron chi connectivity index (χ2n) is 9.13. The van der Waals surface area contributed by atoms with Crippen molar-refractivity contribution in [1.29, 1.82) is 5.26 Å². The third-order valence-corrected chi connectivity index (χ3v) is 7.18. The van der Waals surface area contributed by atoms with Gasteiger partial charge < -0.3 is 5.32 Å². The van der Waals surface area contributed by atoms with Crippen molar-refractivity contribution in [3.8, 4) is 17.2 Å². The molecule has 0 spiro atoms. The molecule has 0 aromatic heterocycles. The second kappa shape index (κ2) is 12.2. The average Bonchev–Trinajstić information content (AvgIpc) is 2.85. The fourth-order valence-electron chi connectivity index (χ4n) is 3.98. The Hall–Kier alpha value is -3.18. The number of nitrogens with zero attached hydrogens (tertiary/aromatic N) is 1.